The van der Waals surface area contributed by atoms with E-state index in [1.165, 1.54) is 0 Å². The Balaban J connectivity index is 1.46. The smallest absolute Gasteiger partial charge is 0.270 e. The summed E-state index contributed by atoms with van der Waals surface area (Å²) in [6.45, 7) is 5.61. The van der Waals surface area contributed by atoms with Crippen LogP contribution in [0.1, 0.15) is 42.9 Å². The zero-order valence-electron chi connectivity index (χ0n) is 19.7. The number of amides is 2. The van der Waals surface area contributed by atoms with E-state index in [0.717, 1.165) is 40.9 Å². The van der Waals surface area contributed by atoms with E-state index >= 15 is 0 Å². The van der Waals surface area contributed by atoms with Crippen molar-refractivity contribution in [2.24, 2.45) is 4.99 Å². The third kappa shape index (κ3) is 5.14. The molecule has 1 fully saturated rings. The topological polar surface area (TPSA) is 107 Å². The lowest BCUT2D eigenvalue weighted by molar-refractivity contribution is -0.127. The maximum Gasteiger partial charge on any atom is 0.270 e. The minimum absolute atomic E-state index is 0.108. The van der Waals surface area contributed by atoms with Crippen molar-refractivity contribution in [3.63, 3.8) is 0 Å². The average Bonchev–Trinajstić information content (AvgIpc) is 3.46. The number of hydrogen-bond acceptors (Lipinski definition) is 6. The van der Waals surface area contributed by atoms with E-state index < -0.39 is 0 Å². The van der Waals surface area contributed by atoms with Crippen LogP contribution >= 0.6 is 0 Å². The molecule has 34 heavy (non-hydrogen) atoms. The number of likely N-dealkylation sites (tertiary alicyclic amines) is 1. The predicted octanol–water partition coefficient (Wildman–Crippen LogP) is 3.85. The van der Waals surface area contributed by atoms with Gasteiger partial charge in [0.15, 0.2) is 0 Å². The third-order valence-corrected chi connectivity index (χ3v) is 5.79. The second-order valence-electron chi connectivity index (χ2n) is 8.15. The molecule has 3 heterocycles. The number of likely N-dealkylation sites (N-methyl/N-ethyl adjacent to an activating group) is 1. The van der Waals surface area contributed by atoms with E-state index in [1.54, 1.807) is 24.4 Å². The van der Waals surface area contributed by atoms with E-state index in [4.69, 9.17) is 0 Å². The number of nitrogens with one attached hydrogen (secondary N) is 2. The zero-order valence-corrected chi connectivity index (χ0v) is 19.7. The molecule has 0 bridgehead atoms. The molecule has 9 nitrogen and oxygen atoms in total. The molecule has 176 valence electrons. The van der Waals surface area contributed by atoms with E-state index in [1.807, 2.05) is 55.2 Å². The Kier molecular flexibility index (Phi) is 7.01. The first-order valence-corrected chi connectivity index (χ1v) is 11.4. The molecule has 0 saturated carbocycles. The van der Waals surface area contributed by atoms with Crippen molar-refractivity contribution in [1.82, 2.24) is 24.8 Å². The lowest BCUT2D eigenvalue weighted by atomic mass is 10.2. The zero-order chi connectivity index (χ0) is 24.1. The van der Waals surface area contributed by atoms with Crippen molar-refractivity contribution in [2.75, 3.05) is 32.0 Å². The number of carbonyl (C=O) groups is 2. The highest BCUT2D eigenvalue weighted by Crippen LogP contribution is 2.23. The number of aromatic nitrogens is 3. The van der Waals surface area contributed by atoms with Gasteiger partial charge < -0.3 is 20.1 Å². The Morgan fingerprint density at radius 2 is 2.15 bits per heavy atom. The molecule has 1 aromatic carbocycles. The maximum absolute atomic E-state index is 12.9. The number of H-pyrrole nitrogens is 1. The molecule has 1 aliphatic rings. The van der Waals surface area contributed by atoms with Gasteiger partial charge in [-0.1, -0.05) is 6.08 Å². The number of rotatable bonds is 8. The Labute approximate surface area is 198 Å². The lowest BCUT2D eigenvalue weighted by Gasteiger charge is -2.21. The van der Waals surface area contributed by atoms with E-state index in [9.17, 15) is 9.59 Å². The van der Waals surface area contributed by atoms with Gasteiger partial charge in [-0.05, 0) is 50.6 Å². The summed E-state index contributed by atoms with van der Waals surface area (Å²) >= 11 is 0. The molecule has 0 radical (unpaired) electrons. The molecule has 0 spiro atoms. The molecule has 9 heteroatoms. The number of aromatic amines is 1. The summed E-state index contributed by atoms with van der Waals surface area (Å²) in [5.41, 5.74) is 3.68. The maximum atomic E-state index is 12.9. The Morgan fingerprint density at radius 3 is 2.88 bits per heavy atom. The molecule has 3 aromatic rings. The molecule has 1 saturated heterocycles. The summed E-state index contributed by atoms with van der Waals surface area (Å²) in [4.78, 5) is 44.5. The molecule has 2 aromatic heterocycles. The monoisotopic (exact) mass is 459 g/mol. The van der Waals surface area contributed by atoms with Crippen LogP contribution in [-0.2, 0) is 4.79 Å². The van der Waals surface area contributed by atoms with Crippen LogP contribution in [0.2, 0.25) is 0 Å². The van der Waals surface area contributed by atoms with Crippen LogP contribution in [0, 0.1) is 0 Å². The Bertz CT molecular complexity index is 1260. The number of benzene rings is 1. The van der Waals surface area contributed by atoms with Crippen molar-refractivity contribution in [3.05, 3.63) is 54.0 Å². The van der Waals surface area contributed by atoms with Gasteiger partial charge in [-0.25, -0.2) is 9.97 Å². The number of hydrogen-bond donors (Lipinski definition) is 2. The minimum atomic E-state index is -0.108. The van der Waals surface area contributed by atoms with Crippen LogP contribution in [0.25, 0.3) is 16.6 Å². The Hall–Kier alpha value is -4.01. The molecule has 0 aliphatic carbocycles. The van der Waals surface area contributed by atoms with Gasteiger partial charge in [0, 0.05) is 62.1 Å². The van der Waals surface area contributed by atoms with Crippen molar-refractivity contribution >= 4 is 46.3 Å². The number of allylic oxidation sites excluding steroid dienone is 1. The van der Waals surface area contributed by atoms with Gasteiger partial charge in [-0.15, -0.1) is 0 Å². The largest absolute Gasteiger partial charge is 0.351 e. The first kappa shape index (κ1) is 23.2. The van der Waals surface area contributed by atoms with Gasteiger partial charge in [0.25, 0.3) is 5.91 Å². The van der Waals surface area contributed by atoms with Crippen LogP contribution in [0.4, 0.5) is 11.6 Å². The fourth-order valence-corrected chi connectivity index (χ4v) is 3.96. The van der Waals surface area contributed by atoms with Crippen LogP contribution in [0.3, 0.4) is 0 Å². The van der Waals surface area contributed by atoms with Crippen LogP contribution < -0.4 is 5.32 Å². The molecule has 0 atom stereocenters. The van der Waals surface area contributed by atoms with Crippen molar-refractivity contribution in [1.29, 1.82) is 0 Å². The lowest BCUT2D eigenvalue weighted by Crippen LogP contribution is -2.37. The number of carbonyl (C=O) groups excluding carboxylic acids is 2. The van der Waals surface area contributed by atoms with Crippen LogP contribution in [0.5, 0.6) is 0 Å². The average molecular weight is 460 g/mol. The van der Waals surface area contributed by atoms with E-state index in [0.29, 0.717) is 31.2 Å². The summed E-state index contributed by atoms with van der Waals surface area (Å²) in [7, 11) is 1.76. The number of nitrogens with zero attached hydrogens (tertiary/aromatic N) is 5. The molecule has 2 N–H and O–H groups in total. The quantitative estimate of drug-likeness (QED) is 0.498. The Morgan fingerprint density at radius 1 is 1.29 bits per heavy atom. The summed E-state index contributed by atoms with van der Waals surface area (Å²) in [5, 5.41) is 4.13. The van der Waals surface area contributed by atoms with Gasteiger partial charge in [0.2, 0.25) is 11.9 Å². The van der Waals surface area contributed by atoms with Gasteiger partial charge in [0.1, 0.15) is 5.69 Å². The number of anilines is 2. The van der Waals surface area contributed by atoms with Crippen LogP contribution in [0.15, 0.2) is 47.6 Å². The molecular weight excluding hydrogens is 430 g/mol. The fraction of sp³-hybridized carbons (Fsp3) is 0.320. The summed E-state index contributed by atoms with van der Waals surface area (Å²) in [5.74, 6) is 0.523. The number of aliphatic imine (C=N–C) groups is 1. The highest BCUT2D eigenvalue weighted by Gasteiger charge is 2.21. The normalized spacial score (nSPS) is 14.4. The molecule has 2 amide bonds. The first-order chi connectivity index (χ1) is 16.5. The summed E-state index contributed by atoms with van der Waals surface area (Å²) in [6, 6.07) is 9.43. The van der Waals surface area contributed by atoms with Gasteiger partial charge in [-0.2, -0.15) is 0 Å². The van der Waals surface area contributed by atoms with Gasteiger partial charge in [0.05, 0.1) is 11.4 Å². The number of fused-ring (bicyclic) bond motifs is 1. The van der Waals surface area contributed by atoms with Crippen molar-refractivity contribution in [2.45, 2.75) is 26.7 Å². The standard InChI is InChI=1S/C25H29N7O2/c1-4-19(26-5-2)21-10-11-27-25(30-21)28-18-8-9-20-17(15-18)16-22(29-20)24(34)31(3)13-14-32-12-6-7-23(32)33/h4-5,8-11,15-16,29H,6-7,12-14H2,1-3H3,(H,27,28,30)/b19-4-,26-5?. The van der Waals surface area contributed by atoms with E-state index in [2.05, 4.69) is 25.3 Å². The van der Waals surface area contributed by atoms with E-state index in [-0.39, 0.29) is 11.8 Å². The summed E-state index contributed by atoms with van der Waals surface area (Å²) in [6.07, 6.45) is 6.82. The second kappa shape index (κ2) is 10.3. The predicted molar refractivity (Wildman–Crippen MR) is 134 cm³/mol. The van der Waals surface area contributed by atoms with Gasteiger partial charge >= 0.3 is 0 Å². The molecule has 4 rings (SSSR count). The molecule has 0 unspecified atom stereocenters. The van der Waals surface area contributed by atoms with Crippen molar-refractivity contribution in [3.8, 4) is 0 Å². The minimum Gasteiger partial charge on any atom is -0.351 e. The fourth-order valence-electron chi connectivity index (χ4n) is 3.96. The first-order valence-electron chi connectivity index (χ1n) is 11.4. The van der Waals surface area contributed by atoms with Crippen molar-refractivity contribution < 1.29 is 9.59 Å². The third-order valence-electron chi connectivity index (χ3n) is 5.79. The SMILES string of the molecule is CC=N/C(=C\C)c1ccnc(Nc2ccc3[nH]c(C(=O)N(C)CCN4CCCC4=O)cc3c2)n1. The van der Waals surface area contributed by atoms with Crippen LogP contribution in [-0.4, -0.2) is 69.5 Å². The molecular formula is C25H29N7O2. The highest BCUT2D eigenvalue weighted by molar-refractivity contribution is 5.98. The summed E-state index contributed by atoms with van der Waals surface area (Å²) < 4.78 is 0. The molecule has 1 aliphatic heterocycles. The second-order valence-corrected chi connectivity index (χ2v) is 8.15. The highest BCUT2D eigenvalue weighted by atomic mass is 16.2. The van der Waals surface area contributed by atoms with Gasteiger partial charge in [-0.3, -0.25) is 14.6 Å².